The van der Waals surface area contributed by atoms with Crippen LogP contribution >= 0.6 is 0 Å². The van der Waals surface area contributed by atoms with Crippen molar-refractivity contribution >= 4 is 35.7 Å². The fourth-order valence-corrected chi connectivity index (χ4v) is 4.51. The number of methoxy groups -OCH3 is 2. The molecule has 3 rings (SSSR count). The van der Waals surface area contributed by atoms with Gasteiger partial charge in [-0.15, -0.1) is 0 Å². The summed E-state index contributed by atoms with van der Waals surface area (Å²) in [6.07, 6.45) is 6.37. The Balaban J connectivity index is 1.72. The number of hydrogen-bond acceptors (Lipinski definition) is 10. The first-order chi connectivity index (χ1) is 20.9. The fraction of sp³-hybridized carbons (Fsp3) is 0.412. The lowest BCUT2D eigenvalue weighted by molar-refractivity contribution is -0.137. The van der Waals surface area contributed by atoms with Crippen LogP contribution in [0.5, 0.6) is 23.0 Å². The molecule has 0 saturated heterocycles. The second-order valence-electron chi connectivity index (χ2n) is 11.4. The van der Waals surface area contributed by atoms with Gasteiger partial charge in [0, 0.05) is 0 Å². The SMILES string of the molecule is COc1cc(C=CC(=O)C2CCCC(=Cc3ccc(OC(=O)C(N)C(C)C)c(OC)c3)C2=O)ccc1OC(=O)C(N)C(C)C. The van der Waals surface area contributed by atoms with Crippen LogP contribution < -0.4 is 30.4 Å². The number of carbonyl (C=O) groups excluding carboxylic acids is 4. The molecule has 2 aromatic rings. The van der Waals surface area contributed by atoms with Gasteiger partial charge < -0.3 is 30.4 Å². The number of ether oxygens (including phenoxy) is 4. The Kier molecular flexibility index (Phi) is 12.0. The number of hydrogen-bond donors (Lipinski definition) is 2. The Morgan fingerprint density at radius 2 is 1.30 bits per heavy atom. The molecular weight excluding hydrogens is 564 g/mol. The molecule has 0 radical (unpaired) electrons. The second-order valence-corrected chi connectivity index (χ2v) is 11.4. The summed E-state index contributed by atoms with van der Waals surface area (Å²) in [6.45, 7) is 7.30. The Bertz CT molecular complexity index is 1440. The highest BCUT2D eigenvalue weighted by atomic mass is 16.6. The molecule has 1 fully saturated rings. The molecule has 1 saturated carbocycles. The van der Waals surface area contributed by atoms with Gasteiger partial charge in [0.05, 0.1) is 20.1 Å². The van der Waals surface area contributed by atoms with Crippen LogP contribution in [0.15, 0.2) is 48.0 Å². The molecule has 3 unspecified atom stereocenters. The van der Waals surface area contributed by atoms with Gasteiger partial charge in [0.1, 0.15) is 12.1 Å². The summed E-state index contributed by atoms with van der Waals surface area (Å²) in [6, 6.07) is 8.30. The van der Waals surface area contributed by atoms with Gasteiger partial charge in [-0.05, 0) is 84.2 Å². The zero-order valence-electron chi connectivity index (χ0n) is 26.1. The van der Waals surface area contributed by atoms with Crippen molar-refractivity contribution in [1.82, 2.24) is 0 Å². The van der Waals surface area contributed by atoms with Crippen LogP contribution in [0.1, 0.15) is 58.1 Å². The quantitative estimate of drug-likeness (QED) is 0.152. The summed E-state index contributed by atoms with van der Waals surface area (Å²) in [7, 11) is 2.90. The maximum absolute atomic E-state index is 13.3. The van der Waals surface area contributed by atoms with Crippen molar-refractivity contribution < 1.29 is 38.1 Å². The summed E-state index contributed by atoms with van der Waals surface area (Å²) < 4.78 is 21.6. The lowest BCUT2D eigenvalue weighted by atomic mass is 9.81. The fourth-order valence-electron chi connectivity index (χ4n) is 4.51. The number of ketones is 2. The van der Waals surface area contributed by atoms with Crippen LogP contribution in [0.2, 0.25) is 0 Å². The molecule has 1 aliphatic rings. The Morgan fingerprint density at radius 1 is 0.795 bits per heavy atom. The molecule has 0 aromatic heterocycles. The standard InChI is InChI=1S/C34H42N2O8/c1-19(2)30(35)33(39)43-26-14-11-21(17-28(26)41-5)10-13-25(37)24-9-7-8-23(32(24)38)16-22-12-15-27(29(18-22)42-6)44-34(40)31(36)20(3)4/h10-20,24,30-31H,7-9,35-36H2,1-6H3. The van der Waals surface area contributed by atoms with Crippen LogP contribution in [0.4, 0.5) is 0 Å². The molecule has 10 heteroatoms. The van der Waals surface area contributed by atoms with E-state index in [1.807, 2.05) is 27.7 Å². The van der Waals surface area contributed by atoms with Crippen LogP contribution in [0.3, 0.4) is 0 Å². The third-order valence-corrected chi connectivity index (χ3v) is 7.47. The zero-order chi connectivity index (χ0) is 32.6. The van der Waals surface area contributed by atoms with Crippen molar-refractivity contribution in [3.8, 4) is 23.0 Å². The van der Waals surface area contributed by atoms with E-state index in [1.54, 1.807) is 48.6 Å². The Hall–Kier alpha value is -4.28. The van der Waals surface area contributed by atoms with Crippen LogP contribution in [-0.2, 0) is 19.2 Å². The van der Waals surface area contributed by atoms with Crippen molar-refractivity contribution in [2.45, 2.75) is 59.0 Å². The number of carbonyl (C=O) groups is 4. The van der Waals surface area contributed by atoms with E-state index in [4.69, 9.17) is 30.4 Å². The highest BCUT2D eigenvalue weighted by Crippen LogP contribution is 2.33. The zero-order valence-corrected chi connectivity index (χ0v) is 26.1. The lowest BCUT2D eigenvalue weighted by Crippen LogP contribution is -2.38. The summed E-state index contributed by atoms with van der Waals surface area (Å²) in [5, 5.41) is 0. The van der Waals surface area contributed by atoms with Gasteiger partial charge in [0.2, 0.25) is 0 Å². The lowest BCUT2D eigenvalue weighted by Gasteiger charge is -2.21. The number of allylic oxidation sites excluding steroid dienone is 2. The van der Waals surface area contributed by atoms with E-state index >= 15 is 0 Å². The molecule has 0 amide bonds. The summed E-state index contributed by atoms with van der Waals surface area (Å²) >= 11 is 0. The largest absolute Gasteiger partial charge is 0.493 e. The maximum Gasteiger partial charge on any atom is 0.328 e. The van der Waals surface area contributed by atoms with Gasteiger partial charge in [0.25, 0.3) is 0 Å². The molecule has 0 aliphatic heterocycles. The average molecular weight is 607 g/mol. The van der Waals surface area contributed by atoms with Crippen molar-refractivity contribution in [2.24, 2.45) is 29.2 Å². The topological polar surface area (TPSA) is 157 Å². The molecular formula is C34H42N2O8. The number of esters is 2. The van der Waals surface area contributed by atoms with E-state index in [2.05, 4.69) is 0 Å². The van der Waals surface area contributed by atoms with Gasteiger partial charge >= 0.3 is 11.9 Å². The third-order valence-electron chi connectivity index (χ3n) is 7.47. The first-order valence-corrected chi connectivity index (χ1v) is 14.6. The van der Waals surface area contributed by atoms with Gasteiger partial charge in [-0.3, -0.25) is 9.59 Å². The van der Waals surface area contributed by atoms with Gasteiger partial charge in [-0.1, -0.05) is 45.9 Å². The van der Waals surface area contributed by atoms with E-state index in [-0.39, 0.29) is 34.9 Å². The smallest absolute Gasteiger partial charge is 0.328 e. The minimum atomic E-state index is -0.800. The molecule has 44 heavy (non-hydrogen) atoms. The van der Waals surface area contributed by atoms with Gasteiger partial charge in [-0.2, -0.15) is 0 Å². The molecule has 4 N–H and O–H groups in total. The monoisotopic (exact) mass is 606 g/mol. The summed E-state index contributed by atoms with van der Waals surface area (Å²) in [4.78, 5) is 51.0. The number of nitrogens with two attached hydrogens (primary N) is 2. The van der Waals surface area contributed by atoms with E-state index in [1.165, 1.54) is 20.3 Å². The predicted molar refractivity (Wildman–Crippen MR) is 167 cm³/mol. The van der Waals surface area contributed by atoms with Crippen molar-refractivity contribution in [3.63, 3.8) is 0 Å². The second kappa shape index (κ2) is 15.4. The minimum Gasteiger partial charge on any atom is -0.493 e. The van der Waals surface area contributed by atoms with E-state index in [0.29, 0.717) is 47.5 Å². The first kappa shape index (κ1) is 34.2. The molecule has 10 nitrogen and oxygen atoms in total. The maximum atomic E-state index is 13.3. The Morgan fingerprint density at radius 3 is 1.80 bits per heavy atom. The van der Waals surface area contributed by atoms with E-state index < -0.39 is 29.9 Å². The average Bonchev–Trinajstić information content (AvgIpc) is 3.00. The van der Waals surface area contributed by atoms with Crippen LogP contribution in [-0.4, -0.2) is 49.8 Å². The number of Topliss-reactive ketones (excluding diaryl/α,β-unsaturated/α-hetero) is 1. The normalized spacial score (nSPS) is 17.5. The third kappa shape index (κ3) is 8.64. The molecule has 1 aliphatic carbocycles. The highest BCUT2D eigenvalue weighted by Gasteiger charge is 2.31. The molecule has 0 heterocycles. The summed E-state index contributed by atoms with van der Waals surface area (Å²) in [5.74, 6) is -1.57. The minimum absolute atomic E-state index is 0.0884. The van der Waals surface area contributed by atoms with Crippen molar-refractivity contribution in [1.29, 1.82) is 0 Å². The molecule has 2 aromatic carbocycles. The molecule has 0 bridgehead atoms. The number of rotatable bonds is 12. The van der Waals surface area contributed by atoms with Gasteiger partial charge in [0.15, 0.2) is 34.6 Å². The van der Waals surface area contributed by atoms with Crippen molar-refractivity contribution in [2.75, 3.05) is 14.2 Å². The first-order valence-electron chi connectivity index (χ1n) is 14.6. The van der Waals surface area contributed by atoms with Crippen LogP contribution in [0, 0.1) is 17.8 Å². The van der Waals surface area contributed by atoms with Crippen LogP contribution in [0.25, 0.3) is 12.2 Å². The molecule has 236 valence electrons. The molecule has 0 spiro atoms. The van der Waals surface area contributed by atoms with Gasteiger partial charge in [-0.25, -0.2) is 9.59 Å². The molecule has 3 atom stereocenters. The number of benzene rings is 2. The Labute approximate surface area is 258 Å². The van der Waals surface area contributed by atoms with E-state index in [9.17, 15) is 19.2 Å². The highest BCUT2D eigenvalue weighted by molar-refractivity contribution is 6.16. The van der Waals surface area contributed by atoms with Crippen molar-refractivity contribution in [3.05, 3.63) is 59.2 Å². The van der Waals surface area contributed by atoms with E-state index in [0.717, 1.165) is 0 Å². The summed E-state index contributed by atoms with van der Waals surface area (Å²) in [5.41, 5.74) is 13.6. The predicted octanol–water partition coefficient (Wildman–Crippen LogP) is 4.52.